The maximum Gasteiger partial charge on any atom is 0.326 e. The molecule has 0 saturated carbocycles. The zero-order valence-electron chi connectivity index (χ0n) is 22.1. The highest BCUT2D eigenvalue weighted by Crippen LogP contribution is 2.09. The molecule has 0 aromatic carbocycles. The van der Waals surface area contributed by atoms with Crippen LogP contribution in [-0.2, 0) is 19.2 Å². The zero-order chi connectivity index (χ0) is 27.8. The van der Waals surface area contributed by atoms with Crippen LogP contribution in [0.15, 0.2) is 4.99 Å². The first-order chi connectivity index (χ1) is 16.8. The van der Waals surface area contributed by atoms with Gasteiger partial charge < -0.3 is 38.3 Å². The third kappa shape index (κ3) is 14.8. The van der Waals surface area contributed by atoms with Crippen molar-refractivity contribution in [3.8, 4) is 0 Å². The van der Waals surface area contributed by atoms with Gasteiger partial charge in [-0.25, -0.2) is 4.79 Å². The minimum atomic E-state index is -1.14. The van der Waals surface area contributed by atoms with Crippen molar-refractivity contribution in [1.82, 2.24) is 16.0 Å². The molecule has 0 heterocycles. The Morgan fingerprint density at radius 3 is 1.81 bits per heavy atom. The minimum Gasteiger partial charge on any atom is -0.480 e. The lowest BCUT2D eigenvalue weighted by molar-refractivity contribution is -0.142. The van der Waals surface area contributed by atoms with E-state index in [-0.39, 0.29) is 43.6 Å². The van der Waals surface area contributed by atoms with Crippen LogP contribution < -0.4 is 33.2 Å². The van der Waals surface area contributed by atoms with Crippen molar-refractivity contribution < 1.29 is 24.3 Å². The fourth-order valence-electron chi connectivity index (χ4n) is 3.41. The predicted molar refractivity (Wildman–Crippen MR) is 143 cm³/mol. The van der Waals surface area contributed by atoms with Crippen molar-refractivity contribution in [2.75, 3.05) is 18.6 Å². The van der Waals surface area contributed by atoms with E-state index in [1.54, 1.807) is 0 Å². The number of hydrogen-bond acceptors (Lipinski definition) is 7. The van der Waals surface area contributed by atoms with Crippen LogP contribution in [0, 0.1) is 11.8 Å². The number of nitrogens with one attached hydrogen (secondary N) is 3. The summed E-state index contributed by atoms with van der Waals surface area (Å²) in [5.74, 6) is -2.06. The molecule has 0 saturated heterocycles. The monoisotopic (exact) mass is 531 g/mol. The van der Waals surface area contributed by atoms with Gasteiger partial charge in [-0.2, -0.15) is 11.8 Å². The number of nitrogens with zero attached hydrogens (tertiary/aromatic N) is 1. The van der Waals surface area contributed by atoms with E-state index in [9.17, 15) is 24.3 Å². The molecule has 208 valence electrons. The van der Waals surface area contributed by atoms with Crippen molar-refractivity contribution in [2.24, 2.45) is 34.0 Å². The molecule has 36 heavy (non-hydrogen) atoms. The van der Waals surface area contributed by atoms with E-state index in [0.29, 0.717) is 18.6 Å². The molecule has 4 atom stereocenters. The van der Waals surface area contributed by atoms with E-state index in [2.05, 4.69) is 20.9 Å². The van der Waals surface area contributed by atoms with Gasteiger partial charge in [0.2, 0.25) is 17.7 Å². The first-order valence-electron chi connectivity index (χ1n) is 12.2. The number of carboxylic acids is 1. The number of hydrogen-bond donors (Lipinski definition) is 7. The maximum atomic E-state index is 13.2. The molecule has 12 nitrogen and oxygen atoms in total. The Balaban J connectivity index is 5.57. The van der Waals surface area contributed by atoms with Crippen molar-refractivity contribution in [2.45, 2.75) is 84.0 Å². The number of carboxylic acid groups (broad SMARTS) is 1. The van der Waals surface area contributed by atoms with Gasteiger partial charge in [0, 0.05) is 6.54 Å². The summed E-state index contributed by atoms with van der Waals surface area (Å²) >= 11 is 1.49. The van der Waals surface area contributed by atoms with E-state index < -0.39 is 47.9 Å². The van der Waals surface area contributed by atoms with Crippen LogP contribution in [0.4, 0.5) is 0 Å². The highest BCUT2D eigenvalue weighted by molar-refractivity contribution is 7.98. The average Bonchev–Trinajstić information content (AvgIpc) is 2.76. The SMILES string of the molecule is CSCCC(NC(=O)C(CCCN=C(N)N)NC(=O)C(N)CC(C)C)C(=O)NC(CC(C)C)C(=O)O. The highest BCUT2D eigenvalue weighted by atomic mass is 32.2. The largest absolute Gasteiger partial charge is 0.480 e. The summed E-state index contributed by atoms with van der Waals surface area (Å²) in [6, 6.07) is -3.81. The third-order valence-electron chi connectivity index (χ3n) is 5.21. The molecule has 13 heteroatoms. The predicted octanol–water partition coefficient (Wildman–Crippen LogP) is -0.248. The van der Waals surface area contributed by atoms with Gasteiger partial charge in [-0.3, -0.25) is 19.4 Å². The smallest absolute Gasteiger partial charge is 0.326 e. The van der Waals surface area contributed by atoms with Crippen molar-refractivity contribution in [3.05, 3.63) is 0 Å². The second-order valence-corrected chi connectivity index (χ2v) is 10.6. The van der Waals surface area contributed by atoms with Crippen molar-refractivity contribution >= 4 is 41.4 Å². The topological polar surface area (TPSA) is 215 Å². The van der Waals surface area contributed by atoms with Gasteiger partial charge in [-0.15, -0.1) is 0 Å². The maximum absolute atomic E-state index is 13.2. The summed E-state index contributed by atoms with van der Waals surface area (Å²) in [5, 5.41) is 17.4. The summed E-state index contributed by atoms with van der Waals surface area (Å²) in [6.45, 7) is 7.84. The van der Waals surface area contributed by atoms with Gasteiger partial charge in [0.1, 0.15) is 18.1 Å². The highest BCUT2D eigenvalue weighted by Gasteiger charge is 2.30. The summed E-state index contributed by atoms with van der Waals surface area (Å²) in [4.78, 5) is 54.2. The molecular weight excluding hydrogens is 486 g/mol. The van der Waals surface area contributed by atoms with Crippen molar-refractivity contribution in [1.29, 1.82) is 0 Å². The van der Waals surface area contributed by atoms with Crippen LogP contribution >= 0.6 is 11.8 Å². The number of amides is 3. The number of carbonyl (C=O) groups excluding carboxylic acids is 3. The lowest BCUT2D eigenvalue weighted by atomic mass is 10.0. The van der Waals surface area contributed by atoms with E-state index >= 15 is 0 Å². The minimum absolute atomic E-state index is 0.0468. The molecule has 0 bridgehead atoms. The fourth-order valence-corrected chi connectivity index (χ4v) is 3.88. The van der Waals surface area contributed by atoms with Gasteiger partial charge in [0.25, 0.3) is 0 Å². The molecule has 0 aromatic rings. The molecule has 4 unspecified atom stereocenters. The second kappa shape index (κ2) is 17.8. The molecule has 0 rings (SSSR count). The van der Waals surface area contributed by atoms with Gasteiger partial charge in [-0.1, -0.05) is 27.7 Å². The number of carbonyl (C=O) groups is 4. The first kappa shape index (κ1) is 33.5. The Morgan fingerprint density at radius 1 is 0.833 bits per heavy atom. The molecular formula is C23H45N7O5S. The zero-order valence-corrected chi connectivity index (χ0v) is 22.9. The standard InChI is InChI=1S/C23H45N7O5S/c1-13(2)11-15(24)19(31)28-16(7-6-9-27-23(25)26)20(32)29-17(8-10-36-5)21(33)30-18(22(34)35)12-14(3)4/h13-18H,6-12,24H2,1-5H3,(H,28,31)(H,29,32)(H,30,33)(H,34,35)(H4,25,26,27). The number of thioether (sulfide) groups is 1. The van der Waals surface area contributed by atoms with Gasteiger partial charge in [-0.05, 0) is 55.9 Å². The van der Waals surface area contributed by atoms with Gasteiger partial charge in [0.15, 0.2) is 5.96 Å². The van der Waals surface area contributed by atoms with Crippen molar-refractivity contribution in [3.63, 3.8) is 0 Å². The van der Waals surface area contributed by atoms with Crippen LogP contribution in [-0.4, -0.2) is 77.5 Å². The van der Waals surface area contributed by atoms with Crippen LogP contribution in [0.25, 0.3) is 0 Å². The normalized spacial score (nSPS) is 14.4. The summed E-state index contributed by atoms with van der Waals surface area (Å²) in [6.07, 6.45) is 3.45. The lowest BCUT2D eigenvalue weighted by Crippen LogP contribution is -2.57. The third-order valence-corrected chi connectivity index (χ3v) is 5.85. The molecule has 3 amide bonds. The van der Waals surface area contributed by atoms with E-state index in [0.717, 1.165) is 0 Å². The quantitative estimate of drug-likeness (QED) is 0.0704. The molecule has 0 radical (unpaired) electrons. The van der Waals surface area contributed by atoms with Gasteiger partial charge in [0.05, 0.1) is 6.04 Å². The van der Waals surface area contributed by atoms with E-state index in [4.69, 9.17) is 17.2 Å². The summed E-state index contributed by atoms with van der Waals surface area (Å²) in [7, 11) is 0. The number of aliphatic carboxylic acids is 1. The van der Waals surface area contributed by atoms with Crippen LogP contribution in [0.3, 0.4) is 0 Å². The van der Waals surface area contributed by atoms with E-state index in [1.807, 2.05) is 34.0 Å². The Kier molecular flexibility index (Phi) is 16.6. The number of nitrogens with two attached hydrogens (primary N) is 3. The van der Waals surface area contributed by atoms with Crippen LogP contribution in [0.1, 0.15) is 59.8 Å². The Morgan fingerprint density at radius 2 is 1.33 bits per heavy atom. The Bertz CT molecular complexity index is 744. The Labute approximate surface area is 218 Å². The molecule has 0 spiro atoms. The second-order valence-electron chi connectivity index (χ2n) is 9.62. The molecule has 10 N–H and O–H groups in total. The first-order valence-corrected chi connectivity index (χ1v) is 13.6. The molecule has 0 aliphatic rings. The van der Waals surface area contributed by atoms with Crippen LogP contribution in [0.5, 0.6) is 0 Å². The number of aliphatic imine (C=N–C) groups is 1. The number of guanidine groups is 1. The van der Waals surface area contributed by atoms with E-state index in [1.165, 1.54) is 11.8 Å². The van der Waals surface area contributed by atoms with Gasteiger partial charge >= 0.3 is 5.97 Å². The van der Waals surface area contributed by atoms with Crippen LogP contribution in [0.2, 0.25) is 0 Å². The number of rotatable bonds is 18. The summed E-state index contributed by atoms with van der Waals surface area (Å²) in [5.41, 5.74) is 16.7. The average molecular weight is 532 g/mol. The molecule has 0 aliphatic carbocycles. The Hall–Kier alpha value is -2.54. The molecule has 0 aliphatic heterocycles. The summed E-state index contributed by atoms with van der Waals surface area (Å²) < 4.78 is 0. The fraction of sp³-hybridized carbons (Fsp3) is 0.783. The molecule has 0 aromatic heterocycles. The molecule has 0 fully saturated rings. The lowest BCUT2D eigenvalue weighted by Gasteiger charge is -2.25.